The fourth-order valence-electron chi connectivity index (χ4n) is 3.47. The summed E-state index contributed by atoms with van der Waals surface area (Å²) >= 11 is 0. The number of aliphatic hydroxyl groups excluding tert-OH is 2. The van der Waals surface area contributed by atoms with Gasteiger partial charge in [-0.2, -0.15) is 0 Å². The van der Waals surface area contributed by atoms with Crippen LogP contribution in [0.2, 0.25) is 0 Å². The third-order valence-electron chi connectivity index (χ3n) is 4.86. The van der Waals surface area contributed by atoms with E-state index in [1.54, 1.807) is 0 Å². The molecule has 0 aromatic heterocycles. The van der Waals surface area contributed by atoms with Crippen molar-refractivity contribution in [1.29, 1.82) is 0 Å². The monoisotopic (exact) mass is 357 g/mol. The molecule has 0 radical (unpaired) electrons. The summed E-state index contributed by atoms with van der Waals surface area (Å²) in [6.45, 7) is 9.64. The van der Waals surface area contributed by atoms with Gasteiger partial charge in [-0.15, -0.1) is 0 Å². The van der Waals surface area contributed by atoms with E-state index in [2.05, 4.69) is 19.2 Å². The molecule has 25 heavy (non-hydrogen) atoms. The minimum absolute atomic E-state index is 0.470. The zero-order valence-corrected chi connectivity index (χ0v) is 16.8. The lowest BCUT2D eigenvalue weighted by atomic mass is 9.82. The molecule has 0 heterocycles. The first-order valence-electron chi connectivity index (χ1n) is 9.94. The van der Waals surface area contributed by atoms with Crippen molar-refractivity contribution in [2.45, 2.75) is 110 Å². The van der Waals surface area contributed by atoms with Crippen LogP contribution >= 0.6 is 0 Å². The second-order valence-electron chi connectivity index (χ2n) is 9.02. The van der Waals surface area contributed by atoms with Crippen LogP contribution in [0.5, 0.6) is 0 Å². The van der Waals surface area contributed by atoms with Gasteiger partial charge in [0.2, 0.25) is 0 Å². The molecule has 1 aliphatic carbocycles. The van der Waals surface area contributed by atoms with Gasteiger partial charge in [0.1, 0.15) is 11.7 Å². The van der Waals surface area contributed by atoms with E-state index < -0.39 is 29.9 Å². The Labute approximate surface area is 153 Å². The molecule has 0 aromatic rings. The Morgan fingerprint density at radius 3 is 2.24 bits per heavy atom. The summed E-state index contributed by atoms with van der Waals surface area (Å²) in [4.78, 5) is 12.2. The van der Waals surface area contributed by atoms with E-state index in [1.165, 1.54) is 19.3 Å². The highest BCUT2D eigenvalue weighted by atomic mass is 16.6. The Hall–Kier alpha value is -0.810. The van der Waals surface area contributed by atoms with Crippen LogP contribution in [0.1, 0.15) is 86.0 Å². The van der Waals surface area contributed by atoms with Gasteiger partial charge in [0, 0.05) is 0 Å². The molecule has 0 saturated heterocycles. The molecular formula is C20H39NO4. The lowest BCUT2D eigenvalue weighted by molar-refractivity contribution is -0.0203. The summed E-state index contributed by atoms with van der Waals surface area (Å²) in [7, 11) is 0. The summed E-state index contributed by atoms with van der Waals surface area (Å²) in [6.07, 6.45) is 5.69. The Morgan fingerprint density at radius 1 is 1.12 bits per heavy atom. The second kappa shape index (κ2) is 10.4. The van der Waals surface area contributed by atoms with Gasteiger partial charge in [0.15, 0.2) is 0 Å². The van der Waals surface area contributed by atoms with E-state index in [9.17, 15) is 15.0 Å². The molecule has 1 aliphatic rings. The number of nitrogens with one attached hydrogen (secondary N) is 1. The lowest BCUT2D eigenvalue weighted by Gasteiger charge is -2.33. The third-order valence-corrected chi connectivity index (χ3v) is 4.86. The Bertz CT molecular complexity index is 386. The zero-order valence-electron chi connectivity index (χ0n) is 16.8. The Morgan fingerprint density at radius 2 is 1.72 bits per heavy atom. The molecule has 5 nitrogen and oxygen atoms in total. The molecule has 0 aliphatic heterocycles. The van der Waals surface area contributed by atoms with Gasteiger partial charge in [-0.25, -0.2) is 4.79 Å². The molecule has 148 valence electrons. The van der Waals surface area contributed by atoms with Gasteiger partial charge in [-0.05, 0) is 51.9 Å². The maximum absolute atomic E-state index is 12.2. The topological polar surface area (TPSA) is 78.8 Å². The van der Waals surface area contributed by atoms with Crippen molar-refractivity contribution in [2.24, 2.45) is 11.8 Å². The summed E-state index contributed by atoms with van der Waals surface area (Å²) in [5.41, 5.74) is -0.583. The maximum Gasteiger partial charge on any atom is 0.407 e. The van der Waals surface area contributed by atoms with Gasteiger partial charge >= 0.3 is 6.09 Å². The summed E-state index contributed by atoms with van der Waals surface area (Å²) in [6, 6.07) is -0.472. The van der Waals surface area contributed by atoms with Crippen LogP contribution in [-0.4, -0.2) is 40.2 Å². The van der Waals surface area contributed by atoms with Crippen molar-refractivity contribution >= 4 is 6.09 Å². The van der Waals surface area contributed by atoms with Crippen LogP contribution in [0.4, 0.5) is 4.79 Å². The van der Waals surface area contributed by atoms with Crippen LogP contribution in [0.15, 0.2) is 0 Å². The standard InChI is InChI=1S/C20H39NO4/c1-14(2)11-12-17(22)18(23)16(13-15-9-7-6-8-10-15)21-19(24)25-20(3,4)5/h14-18,22-23H,6-13H2,1-5H3,(H,21,24)/t16-,17-,18+/m0/s1. The number of hydrogen-bond donors (Lipinski definition) is 3. The highest BCUT2D eigenvalue weighted by Gasteiger charge is 2.31. The van der Waals surface area contributed by atoms with Gasteiger partial charge < -0.3 is 20.3 Å². The highest BCUT2D eigenvalue weighted by molar-refractivity contribution is 5.68. The van der Waals surface area contributed by atoms with Gasteiger partial charge in [0.25, 0.3) is 0 Å². The number of alkyl carbamates (subject to hydrolysis) is 1. The van der Waals surface area contributed by atoms with Gasteiger partial charge in [-0.3, -0.25) is 0 Å². The smallest absolute Gasteiger partial charge is 0.407 e. The summed E-state index contributed by atoms with van der Waals surface area (Å²) in [5.74, 6) is 0.957. The van der Waals surface area contributed by atoms with Crippen molar-refractivity contribution in [3.8, 4) is 0 Å². The van der Waals surface area contributed by atoms with Crippen LogP contribution in [0.3, 0.4) is 0 Å². The molecule has 3 atom stereocenters. The SMILES string of the molecule is CC(C)CC[C@H](O)[C@H](O)[C@H](CC1CCCCC1)NC(=O)OC(C)(C)C. The van der Waals surface area contributed by atoms with Crippen LogP contribution in [-0.2, 0) is 4.74 Å². The van der Waals surface area contributed by atoms with Crippen LogP contribution in [0, 0.1) is 11.8 Å². The first kappa shape index (κ1) is 22.2. The zero-order chi connectivity index (χ0) is 19.0. The highest BCUT2D eigenvalue weighted by Crippen LogP contribution is 2.29. The molecule has 0 aromatic carbocycles. The fourth-order valence-corrected chi connectivity index (χ4v) is 3.47. The molecule has 3 N–H and O–H groups in total. The molecule has 0 unspecified atom stereocenters. The normalized spacial score (nSPS) is 20.2. The van der Waals surface area contributed by atoms with E-state index in [4.69, 9.17) is 4.74 Å². The van der Waals surface area contributed by atoms with E-state index in [1.807, 2.05) is 20.8 Å². The van der Waals surface area contributed by atoms with Crippen molar-refractivity contribution in [2.75, 3.05) is 0 Å². The molecule has 1 fully saturated rings. The largest absolute Gasteiger partial charge is 0.444 e. The number of carbonyl (C=O) groups excluding carboxylic acids is 1. The first-order valence-corrected chi connectivity index (χ1v) is 9.94. The van der Waals surface area contributed by atoms with Crippen LogP contribution in [0.25, 0.3) is 0 Å². The Kier molecular flexibility index (Phi) is 9.22. The molecule has 1 saturated carbocycles. The number of carbonyl (C=O) groups is 1. The number of ether oxygens (including phenoxy) is 1. The quantitative estimate of drug-likeness (QED) is 0.613. The van der Waals surface area contributed by atoms with Gasteiger partial charge in [-0.1, -0.05) is 46.0 Å². The van der Waals surface area contributed by atoms with Gasteiger partial charge in [0.05, 0.1) is 12.1 Å². The van der Waals surface area contributed by atoms with E-state index in [-0.39, 0.29) is 0 Å². The molecular weight excluding hydrogens is 318 g/mol. The number of rotatable bonds is 8. The molecule has 1 amide bonds. The fraction of sp³-hybridized carbons (Fsp3) is 0.950. The lowest BCUT2D eigenvalue weighted by Crippen LogP contribution is -2.50. The van der Waals surface area contributed by atoms with E-state index in [0.29, 0.717) is 24.7 Å². The van der Waals surface area contributed by atoms with E-state index in [0.717, 1.165) is 19.3 Å². The van der Waals surface area contributed by atoms with Crippen molar-refractivity contribution < 1.29 is 19.7 Å². The average molecular weight is 358 g/mol. The predicted molar refractivity (Wildman–Crippen MR) is 100 cm³/mol. The molecule has 0 spiro atoms. The first-order chi connectivity index (χ1) is 11.6. The number of amides is 1. The summed E-state index contributed by atoms with van der Waals surface area (Å²) in [5, 5.41) is 23.8. The number of aliphatic hydroxyl groups is 2. The van der Waals surface area contributed by atoms with Crippen LogP contribution < -0.4 is 5.32 Å². The van der Waals surface area contributed by atoms with E-state index >= 15 is 0 Å². The molecule has 0 bridgehead atoms. The number of hydrogen-bond acceptors (Lipinski definition) is 4. The Balaban J connectivity index is 2.69. The third kappa shape index (κ3) is 9.45. The maximum atomic E-state index is 12.2. The predicted octanol–water partition coefficient (Wildman–Crippen LogP) is 4.01. The minimum atomic E-state index is -0.965. The molecule has 1 rings (SSSR count). The summed E-state index contributed by atoms with van der Waals surface area (Å²) < 4.78 is 5.34. The minimum Gasteiger partial charge on any atom is -0.444 e. The van der Waals surface area contributed by atoms with Crippen molar-refractivity contribution in [1.82, 2.24) is 5.32 Å². The molecule has 5 heteroatoms. The van der Waals surface area contributed by atoms with Crippen molar-refractivity contribution in [3.63, 3.8) is 0 Å². The van der Waals surface area contributed by atoms with Crippen molar-refractivity contribution in [3.05, 3.63) is 0 Å². The second-order valence-corrected chi connectivity index (χ2v) is 9.02. The average Bonchev–Trinajstić information content (AvgIpc) is 2.50.